The van der Waals surface area contributed by atoms with Crippen molar-refractivity contribution in [3.8, 4) is 0 Å². The number of anilines is 1. The second-order valence-corrected chi connectivity index (χ2v) is 9.05. The van der Waals surface area contributed by atoms with E-state index in [1.54, 1.807) is 30.3 Å². The number of hydrogen-bond acceptors (Lipinski definition) is 4. The quantitative estimate of drug-likeness (QED) is 0.771. The summed E-state index contributed by atoms with van der Waals surface area (Å²) in [6.07, 6.45) is 2.73. The normalized spacial score (nSPS) is 16.3. The molecule has 0 saturated carbocycles. The molecule has 0 aliphatic carbocycles. The molecule has 1 amide bonds. The van der Waals surface area contributed by atoms with Crippen LogP contribution in [0.5, 0.6) is 0 Å². The Bertz CT molecular complexity index is 879. The van der Waals surface area contributed by atoms with Crippen molar-refractivity contribution in [2.75, 3.05) is 36.9 Å². The van der Waals surface area contributed by atoms with Crippen LogP contribution < -0.4 is 9.62 Å². The van der Waals surface area contributed by atoms with Gasteiger partial charge in [0.15, 0.2) is 0 Å². The van der Waals surface area contributed by atoms with Crippen molar-refractivity contribution in [2.45, 2.75) is 18.3 Å². The van der Waals surface area contributed by atoms with Crippen molar-refractivity contribution in [1.29, 1.82) is 0 Å². The molecule has 150 valence electrons. The molecule has 0 bridgehead atoms. The second kappa shape index (κ2) is 8.75. The SMILES string of the molecule is CS(=O)(=O)N(CC(=O)NCC1(c2ccccc2)CCOCC1)c1ccccc1. The van der Waals surface area contributed by atoms with Crippen molar-refractivity contribution in [3.05, 3.63) is 66.2 Å². The minimum Gasteiger partial charge on any atom is -0.381 e. The summed E-state index contributed by atoms with van der Waals surface area (Å²) in [4.78, 5) is 12.6. The van der Waals surface area contributed by atoms with E-state index in [1.165, 1.54) is 5.56 Å². The number of nitrogens with zero attached hydrogens (tertiary/aromatic N) is 1. The Morgan fingerprint density at radius 2 is 1.61 bits per heavy atom. The van der Waals surface area contributed by atoms with E-state index in [4.69, 9.17) is 4.74 Å². The second-order valence-electron chi connectivity index (χ2n) is 7.14. The van der Waals surface area contributed by atoms with Gasteiger partial charge in [-0.1, -0.05) is 48.5 Å². The third kappa shape index (κ3) is 4.91. The Morgan fingerprint density at radius 1 is 1.04 bits per heavy atom. The topological polar surface area (TPSA) is 75.7 Å². The molecule has 3 rings (SSSR count). The van der Waals surface area contributed by atoms with E-state index in [0.717, 1.165) is 23.4 Å². The average molecular weight is 403 g/mol. The summed E-state index contributed by atoms with van der Waals surface area (Å²) >= 11 is 0. The predicted octanol–water partition coefficient (Wildman–Crippen LogP) is 2.32. The molecule has 0 unspecified atom stereocenters. The first kappa shape index (κ1) is 20.4. The largest absolute Gasteiger partial charge is 0.381 e. The third-order valence-corrected chi connectivity index (χ3v) is 6.33. The monoisotopic (exact) mass is 402 g/mol. The first-order valence-corrected chi connectivity index (χ1v) is 11.2. The lowest BCUT2D eigenvalue weighted by atomic mass is 9.74. The molecule has 0 radical (unpaired) electrons. The highest BCUT2D eigenvalue weighted by molar-refractivity contribution is 7.92. The Hall–Kier alpha value is -2.38. The summed E-state index contributed by atoms with van der Waals surface area (Å²) in [5.41, 5.74) is 1.45. The first-order chi connectivity index (χ1) is 13.4. The van der Waals surface area contributed by atoms with Crippen LogP contribution in [0, 0.1) is 0 Å². The first-order valence-electron chi connectivity index (χ1n) is 9.33. The molecule has 0 spiro atoms. The van der Waals surface area contributed by atoms with E-state index in [-0.39, 0.29) is 17.9 Å². The van der Waals surface area contributed by atoms with Gasteiger partial charge in [-0.05, 0) is 30.5 Å². The molecule has 1 saturated heterocycles. The summed E-state index contributed by atoms with van der Waals surface area (Å²) in [5, 5.41) is 2.96. The van der Waals surface area contributed by atoms with Gasteiger partial charge < -0.3 is 10.1 Å². The number of amides is 1. The van der Waals surface area contributed by atoms with Gasteiger partial charge in [0.05, 0.1) is 11.9 Å². The van der Waals surface area contributed by atoms with Gasteiger partial charge in [-0.15, -0.1) is 0 Å². The molecule has 0 aromatic heterocycles. The number of benzene rings is 2. The van der Waals surface area contributed by atoms with E-state index in [1.807, 2.05) is 18.2 Å². The van der Waals surface area contributed by atoms with Gasteiger partial charge in [0.25, 0.3) is 0 Å². The summed E-state index contributed by atoms with van der Waals surface area (Å²) in [6, 6.07) is 18.8. The number of nitrogens with one attached hydrogen (secondary N) is 1. The van der Waals surface area contributed by atoms with Gasteiger partial charge in [0.1, 0.15) is 6.54 Å². The number of hydrogen-bond donors (Lipinski definition) is 1. The summed E-state index contributed by atoms with van der Waals surface area (Å²) in [7, 11) is -3.57. The van der Waals surface area contributed by atoms with Crippen molar-refractivity contribution in [3.63, 3.8) is 0 Å². The molecule has 2 aromatic rings. The molecular weight excluding hydrogens is 376 g/mol. The van der Waals surface area contributed by atoms with Crippen LogP contribution in [0.15, 0.2) is 60.7 Å². The number of carbonyl (C=O) groups excluding carboxylic acids is 1. The van der Waals surface area contributed by atoms with E-state index in [9.17, 15) is 13.2 Å². The Labute approximate surface area is 166 Å². The highest BCUT2D eigenvalue weighted by Crippen LogP contribution is 2.34. The van der Waals surface area contributed by atoms with Crippen LogP contribution in [0.4, 0.5) is 5.69 Å². The molecule has 2 aromatic carbocycles. The number of para-hydroxylation sites is 1. The molecule has 1 aliphatic rings. The maximum Gasteiger partial charge on any atom is 0.240 e. The lowest BCUT2D eigenvalue weighted by molar-refractivity contribution is -0.120. The number of ether oxygens (including phenoxy) is 1. The van der Waals surface area contributed by atoms with E-state index < -0.39 is 10.0 Å². The van der Waals surface area contributed by atoms with Crippen molar-refractivity contribution in [2.24, 2.45) is 0 Å². The van der Waals surface area contributed by atoms with Gasteiger partial charge in [0.2, 0.25) is 15.9 Å². The highest BCUT2D eigenvalue weighted by Gasteiger charge is 2.35. The Kier molecular flexibility index (Phi) is 6.36. The highest BCUT2D eigenvalue weighted by atomic mass is 32.2. The number of sulfonamides is 1. The fourth-order valence-electron chi connectivity index (χ4n) is 3.57. The maximum absolute atomic E-state index is 12.6. The van der Waals surface area contributed by atoms with Crippen LogP contribution in [-0.4, -0.2) is 46.9 Å². The van der Waals surface area contributed by atoms with Gasteiger partial charge in [-0.3, -0.25) is 9.10 Å². The van der Waals surface area contributed by atoms with Crippen LogP contribution in [0.2, 0.25) is 0 Å². The van der Waals surface area contributed by atoms with Crippen molar-refractivity contribution < 1.29 is 17.9 Å². The van der Waals surface area contributed by atoms with Crippen molar-refractivity contribution >= 4 is 21.6 Å². The maximum atomic E-state index is 12.6. The summed E-state index contributed by atoms with van der Waals surface area (Å²) in [6.45, 7) is 1.49. The van der Waals surface area contributed by atoms with Gasteiger partial charge >= 0.3 is 0 Å². The molecule has 28 heavy (non-hydrogen) atoms. The predicted molar refractivity (Wildman–Crippen MR) is 110 cm³/mol. The lowest BCUT2D eigenvalue weighted by Crippen LogP contribution is -2.47. The molecule has 1 heterocycles. The van der Waals surface area contributed by atoms with E-state index >= 15 is 0 Å². The standard InChI is InChI=1S/C21H26N2O4S/c1-28(25,26)23(19-10-6-3-7-11-19)16-20(24)22-17-21(12-14-27-15-13-21)18-8-4-2-5-9-18/h2-11H,12-17H2,1H3,(H,22,24). The van der Waals surface area contributed by atoms with Crippen LogP contribution in [0.25, 0.3) is 0 Å². The van der Waals surface area contributed by atoms with Gasteiger partial charge in [-0.25, -0.2) is 8.42 Å². The molecule has 7 heteroatoms. The molecule has 0 atom stereocenters. The van der Waals surface area contributed by atoms with Gasteiger partial charge in [0, 0.05) is 25.2 Å². The summed E-state index contributed by atoms with van der Waals surface area (Å²) in [5.74, 6) is -0.323. The lowest BCUT2D eigenvalue weighted by Gasteiger charge is -2.38. The zero-order chi connectivity index (χ0) is 20.0. The van der Waals surface area contributed by atoms with Crippen LogP contribution in [-0.2, 0) is 25.0 Å². The van der Waals surface area contributed by atoms with Gasteiger partial charge in [-0.2, -0.15) is 0 Å². The molecule has 1 fully saturated rings. The van der Waals surface area contributed by atoms with Crippen molar-refractivity contribution in [1.82, 2.24) is 5.32 Å². The summed E-state index contributed by atoms with van der Waals surface area (Å²) < 4.78 is 31.0. The number of carbonyl (C=O) groups is 1. The Morgan fingerprint density at radius 3 is 2.18 bits per heavy atom. The molecule has 1 N–H and O–H groups in total. The van der Waals surface area contributed by atoms with Crippen LogP contribution >= 0.6 is 0 Å². The van der Waals surface area contributed by atoms with E-state index in [0.29, 0.717) is 25.4 Å². The fraction of sp³-hybridized carbons (Fsp3) is 0.381. The Balaban J connectivity index is 1.72. The number of rotatable bonds is 7. The molecule has 1 aliphatic heterocycles. The van der Waals surface area contributed by atoms with Crippen LogP contribution in [0.3, 0.4) is 0 Å². The smallest absolute Gasteiger partial charge is 0.240 e. The fourth-order valence-corrected chi connectivity index (χ4v) is 4.43. The van der Waals surface area contributed by atoms with Crippen LogP contribution in [0.1, 0.15) is 18.4 Å². The molecule has 6 nitrogen and oxygen atoms in total. The zero-order valence-corrected chi connectivity index (χ0v) is 16.8. The minimum atomic E-state index is -3.57. The van der Waals surface area contributed by atoms with E-state index in [2.05, 4.69) is 17.4 Å². The molecular formula is C21H26N2O4S. The average Bonchev–Trinajstić information content (AvgIpc) is 2.72. The zero-order valence-electron chi connectivity index (χ0n) is 16.0. The minimum absolute atomic E-state index is 0.197. The third-order valence-electron chi connectivity index (χ3n) is 5.19.